The number of benzene rings is 2. The highest BCUT2D eigenvalue weighted by Crippen LogP contribution is 2.47. The second kappa shape index (κ2) is 16.5. The lowest BCUT2D eigenvalue weighted by Gasteiger charge is -2.35. The van der Waals surface area contributed by atoms with Crippen LogP contribution in [0.1, 0.15) is 56.4 Å². The van der Waals surface area contributed by atoms with Gasteiger partial charge in [0.25, 0.3) is 0 Å². The number of fused-ring (bicyclic) bond motifs is 1. The molecule has 12 heteroatoms. The molecule has 3 heterocycles. The van der Waals surface area contributed by atoms with Gasteiger partial charge in [-0.05, 0) is 112 Å². The van der Waals surface area contributed by atoms with Gasteiger partial charge in [0.1, 0.15) is 5.75 Å². The summed E-state index contributed by atoms with van der Waals surface area (Å²) in [7, 11) is -3.00. The van der Waals surface area contributed by atoms with Gasteiger partial charge in [0.15, 0.2) is 0 Å². The summed E-state index contributed by atoms with van der Waals surface area (Å²) in [5, 5.41) is 30.0. The second-order valence-corrected chi connectivity index (χ2v) is 17.4. The third-order valence-electron chi connectivity index (χ3n) is 9.73. The molecule has 10 nitrogen and oxygen atoms in total. The lowest BCUT2D eigenvalue weighted by molar-refractivity contribution is -0.120. The molecule has 5 rings (SSSR count). The summed E-state index contributed by atoms with van der Waals surface area (Å²) < 4.78 is 29.8. The monoisotopic (exact) mass is 681 g/mol. The van der Waals surface area contributed by atoms with Crippen molar-refractivity contribution in [2.24, 2.45) is 5.92 Å². The number of aryl methyl sites for hydroxylation is 2. The number of carbonyl (C=O) groups excluding carboxylic acids is 1. The number of aliphatic hydroxyl groups is 2. The van der Waals surface area contributed by atoms with Crippen LogP contribution in [0.3, 0.4) is 0 Å². The molecule has 0 radical (unpaired) electrons. The highest BCUT2D eigenvalue weighted by molar-refractivity contribution is 6.72. The van der Waals surface area contributed by atoms with Crippen molar-refractivity contribution in [2.75, 3.05) is 31.3 Å². The molecule has 5 atom stereocenters. The van der Waals surface area contributed by atoms with Crippen molar-refractivity contribution in [1.29, 1.82) is 0 Å². The molecular weight excluding hydrogens is 630 g/mol. The minimum Gasteiger partial charge on any atom is -0.494 e. The Morgan fingerprint density at radius 1 is 1.06 bits per heavy atom. The van der Waals surface area contributed by atoms with E-state index in [1.54, 1.807) is 22.7 Å². The van der Waals surface area contributed by atoms with Gasteiger partial charge in [-0.2, -0.15) is 0 Å². The van der Waals surface area contributed by atoms with Crippen LogP contribution in [0.4, 0.5) is 15.5 Å². The molecule has 48 heavy (non-hydrogen) atoms. The first kappa shape index (κ1) is 36.1. The molecule has 2 aliphatic rings. The third-order valence-corrected chi connectivity index (χ3v) is 12.2. The number of amides is 1. The first-order valence-corrected chi connectivity index (χ1v) is 20.5. The number of nitrogens with zero attached hydrogens (tertiary/aromatic N) is 4. The fourth-order valence-corrected chi connectivity index (χ4v) is 10.0. The first-order chi connectivity index (χ1) is 23.1. The standard InChI is InChI=1S/C36H52FN5O5Si/c1-5-46-30-13-14-32-27(22-30)23-31(38-18-6-7-20-43)36(45)42(32)29-11-8-26(9-12-29)10-15-33-25(2)35(48(3,4)37)34(47-33)16-19-41-24-28(17-21-44)39-40-41/h8-9,11-14,22,24-25,31,33-35,38,43-44H,5-7,10,15-21,23H2,1-4H3/t25-,31?,33+,34-,35+/m0/s1. The minimum absolute atomic E-state index is 0.00203. The average molecular weight is 682 g/mol. The smallest absolute Gasteiger partial charge is 0.249 e. The number of aliphatic hydroxyl groups excluding tert-OH is 2. The molecule has 3 N–H and O–H groups in total. The van der Waals surface area contributed by atoms with E-state index in [9.17, 15) is 15.0 Å². The molecular formula is C36H52FN5O5Si. The Labute approximate surface area is 284 Å². The molecule has 1 aromatic heterocycles. The maximum Gasteiger partial charge on any atom is 0.249 e. The predicted octanol–water partition coefficient (Wildman–Crippen LogP) is 5.13. The Morgan fingerprint density at radius 3 is 2.56 bits per heavy atom. The van der Waals surface area contributed by atoms with Gasteiger partial charge in [-0.1, -0.05) is 24.3 Å². The summed E-state index contributed by atoms with van der Waals surface area (Å²) in [6, 6.07) is 13.7. The van der Waals surface area contributed by atoms with Crippen LogP contribution in [-0.4, -0.2) is 84.1 Å². The van der Waals surface area contributed by atoms with Crippen LogP contribution >= 0.6 is 0 Å². The van der Waals surface area contributed by atoms with Crippen molar-refractivity contribution in [3.8, 4) is 5.75 Å². The van der Waals surface area contributed by atoms with Gasteiger partial charge in [0.05, 0.1) is 36.2 Å². The molecule has 1 amide bonds. The fraction of sp³-hybridized carbons (Fsp3) is 0.583. The highest BCUT2D eigenvalue weighted by atomic mass is 28.4. The lowest BCUT2D eigenvalue weighted by atomic mass is 9.94. The predicted molar refractivity (Wildman–Crippen MR) is 187 cm³/mol. The molecule has 1 unspecified atom stereocenters. The maximum atomic E-state index is 15.7. The van der Waals surface area contributed by atoms with E-state index >= 15 is 4.11 Å². The first-order valence-electron chi connectivity index (χ1n) is 17.5. The summed E-state index contributed by atoms with van der Waals surface area (Å²) in [4.78, 5) is 15.6. The number of carbonyl (C=O) groups is 1. The quantitative estimate of drug-likeness (QED) is 0.102. The summed E-state index contributed by atoms with van der Waals surface area (Å²) in [6.45, 7) is 9.64. The molecule has 0 spiro atoms. The van der Waals surface area contributed by atoms with Crippen LogP contribution in [0, 0.1) is 5.92 Å². The van der Waals surface area contributed by atoms with Gasteiger partial charge >= 0.3 is 0 Å². The molecule has 0 aliphatic carbocycles. The highest BCUT2D eigenvalue weighted by Gasteiger charge is 2.50. The number of hydrogen-bond acceptors (Lipinski definition) is 8. The fourth-order valence-electron chi connectivity index (χ4n) is 7.43. The second-order valence-electron chi connectivity index (χ2n) is 13.6. The van der Waals surface area contributed by atoms with Crippen molar-refractivity contribution in [3.63, 3.8) is 0 Å². The Kier molecular flexibility index (Phi) is 12.4. The van der Waals surface area contributed by atoms with Crippen molar-refractivity contribution >= 4 is 25.7 Å². The Bertz CT molecular complexity index is 1480. The van der Waals surface area contributed by atoms with Gasteiger partial charge in [0.2, 0.25) is 14.3 Å². The van der Waals surface area contributed by atoms with E-state index in [1.165, 1.54) is 0 Å². The minimum atomic E-state index is -3.00. The average Bonchev–Trinajstić information content (AvgIpc) is 3.65. The number of ether oxygens (including phenoxy) is 2. The van der Waals surface area contributed by atoms with Crippen molar-refractivity contribution < 1.29 is 28.6 Å². The Morgan fingerprint density at radius 2 is 1.85 bits per heavy atom. The zero-order valence-electron chi connectivity index (χ0n) is 28.8. The Hall–Kier alpha value is -3.16. The molecule has 1 fully saturated rings. The van der Waals surface area contributed by atoms with Crippen LogP contribution in [-0.2, 0) is 35.3 Å². The Balaban J connectivity index is 1.25. The molecule has 0 bridgehead atoms. The largest absolute Gasteiger partial charge is 0.494 e. The number of rotatable bonds is 17. The van der Waals surface area contributed by atoms with E-state index in [0.717, 1.165) is 53.2 Å². The molecule has 0 saturated carbocycles. The number of aromatic nitrogens is 3. The summed E-state index contributed by atoms with van der Waals surface area (Å²) in [6.07, 6.45) is 6.38. The molecule has 2 aromatic carbocycles. The summed E-state index contributed by atoms with van der Waals surface area (Å²) in [5.74, 6) is 0.895. The number of unbranched alkanes of at least 4 members (excludes halogenated alkanes) is 1. The van der Waals surface area contributed by atoms with Gasteiger partial charge in [0, 0.05) is 43.6 Å². The van der Waals surface area contributed by atoms with E-state index in [2.05, 4.69) is 34.7 Å². The molecule has 262 valence electrons. The van der Waals surface area contributed by atoms with E-state index in [1.807, 2.05) is 43.5 Å². The van der Waals surface area contributed by atoms with Gasteiger partial charge in [-0.25, -0.2) is 0 Å². The third kappa shape index (κ3) is 8.70. The molecule has 1 saturated heterocycles. The molecule has 3 aromatic rings. The van der Waals surface area contributed by atoms with Gasteiger partial charge < -0.3 is 29.1 Å². The zero-order chi connectivity index (χ0) is 34.3. The van der Waals surface area contributed by atoms with Crippen molar-refractivity contribution in [2.45, 2.75) is 102 Å². The van der Waals surface area contributed by atoms with Crippen LogP contribution < -0.4 is 15.0 Å². The number of hydrogen-bond donors (Lipinski definition) is 3. The van der Waals surface area contributed by atoms with E-state index in [-0.39, 0.29) is 48.8 Å². The van der Waals surface area contributed by atoms with Crippen LogP contribution in [0.2, 0.25) is 18.6 Å². The number of anilines is 2. The van der Waals surface area contributed by atoms with Crippen LogP contribution in [0.25, 0.3) is 0 Å². The summed E-state index contributed by atoms with van der Waals surface area (Å²) >= 11 is 0. The van der Waals surface area contributed by atoms with E-state index in [0.29, 0.717) is 45.4 Å². The topological polar surface area (TPSA) is 122 Å². The summed E-state index contributed by atoms with van der Waals surface area (Å²) in [5.41, 5.74) is 4.50. The number of nitrogens with one attached hydrogen (secondary N) is 1. The zero-order valence-corrected chi connectivity index (χ0v) is 29.8. The number of halogens is 1. The van der Waals surface area contributed by atoms with Crippen LogP contribution in [0.15, 0.2) is 48.7 Å². The van der Waals surface area contributed by atoms with Crippen LogP contribution in [0.5, 0.6) is 5.75 Å². The molecule has 2 aliphatic heterocycles. The maximum absolute atomic E-state index is 15.7. The normalized spacial score (nSPS) is 22.7. The SMILES string of the molecule is CCOc1ccc2c(c1)CC(NCCCCO)C(=O)N2c1ccc(CC[C@H]2O[C@@H](CCn3cc(CCO)nn3)[C@H]([Si](C)(C)F)[C@H]2C)cc1. The van der Waals surface area contributed by atoms with Gasteiger partial charge in [-0.15, -0.1) is 5.10 Å². The van der Waals surface area contributed by atoms with Gasteiger partial charge in [-0.3, -0.25) is 14.4 Å². The van der Waals surface area contributed by atoms with E-state index < -0.39 is 8.41 Å². The van der Waals surface area contributed by atoms with E-state index in [4.69, 9.17) is 9.47 Å². The van der Waals surface area contributed by atoms with Crippen molar-refractivity contribution in [1.82, 2.24) is 20.3 Å². The lowest BCUT2D eigenvalue weighted by Crippen LogP contribution is -2.49. The van der Waals surface area contributed by atoms with Crippen molar-refractivity contribution in [3.05, 3.63) is 65.5 Å².